The zero-order valence-electron chi connectivity index (χ0n) is 20.5. The minimum absolute atomic E-state index is 0.205. The molecule has 7 heteroatoms. The zero-order valence-corrected chi connectivity index (χ0v) is 21.3. The Labute approximate surface area is 203 Å². The molecule has 182 valence electrons. The molecular weight excluding hydrogens is 446 g/mol. The van der Waals surface area contributed by atoms with Crippen molar-refractivity contribution in [2.75, 3.05) is 6.61 Å². The van der Waals surface area contributed by atoms with Gasteiger partial charge in [0.05, 0.1) is 19.2 Å². The van der Waals surface area contributed by atoms with Gasteiger partial charge in [0.15, 0.2) is 0 Å². The molecule has 0 spiro atoms. The van der Waals surface area contributed by atoms with Crippen LogP contribution in [0.1, 0.15) is 52.5 Å². The Kier molecular flexibility index (Phi) is 7.26. The van der Waals surface area contributed by atoms with Crippen molar-refractivity contribution < 1.29 is 13.2 Å². The molecule has 2 unspecified atom stereocenters. The second kappa shape index (κ2) is 10.0. The van der Waals surface area contributed by atoms with Gasteiger partial charge in [-0.25, -0.2) is 8.42 Å². The minimum atomic E-state index is -3.88. The highest BCUT2D eigenvalue weighted by Gasteiger charge is 2.51. The molecule has 2 aromatic carbocycles. The molecule has 1 fully saturated rings. The number of hydrogen-bond donors (Lipinski definition) is 0. The van der Waals surface area contributed by atoms with E-state index in [-0.39, 0.29) is 10.9 Å². The van der Waals surface area contributed by atoms with Gasteiger partial charge < -0.3 is 4.74 Å². The molecule has 0 N–H and O–H groups in total. The molecule has 1 aliphatic rings. The van der Waals surface area contributed by atoms with Gasteiger partial charge in [0.2, 0.25) is 10.0 Å². The van der Waals surface area contributed by atoms with Crippen LogP contribution in [0.25, 0.3) is 11.3 Å². The SMILES string of the molecule is CCC1COC(C)(CCC(C)C)N1S(=O)(=O)c1cn(Cc2ccccc2)nc1-c1ccccc1. The van der Waals surface area contributed by atoms with Crippen LogP contribution in [0.2, 0.25) is 0 Å². The fourth-order valence-electron chi connectivity index (χ4n) is 4.61. The summed E-state index contributed by atoms with van der Waals surface area (Å²) in [6.07, 6.45) is 3.91. The van der Waals surface area contributed by atoms with Crippen LogP contribution >= 0.6 is 0 Å². The van der Waals surface area contributed by atoms with Gasteiger partial charge >= 0.3 is 0 Å². The van der Waals surface area contributed by atoms with Crippen LogP contribution in [0.3, 0.4) is 0 Å². The van der Waals surface area contributed by atoms with Gasteiger partial charge in [0.1, 0.15) is 16.3 Å². The molecule has 0 radical (unpaired) electrons. The van der Waals surface area contributed by atoms with E-state index in [1.165, 1.54) is 0 Å². The highest BCUT2D eigenvalue weighted by Crippen LogP contribution is 2.40. The monoisotopic (exact) mass is 481 g/mol. The Bertz CT molecular complexity index is 1190. The summed E-state index contributed by atoms with van der Waals surface area (Å²) in [7, 11) is -3.88. The third-order valence-electron chi connectivity index (χ3n) is 6.54. The lowest BCUT2D eigenvalue weighted by molar-refractivity contribution is -0.0433. The maximum Gasteiger partial charge on any atom is 0.249 e. The van der Waals surface area contributed by atoms with Crippen LogP contribution in [0.4, 0.5) is 0 Å². The van der Waals surface area contributed by atoms with Crippen molar-refractivity contribution in [3.8, 4) is 11.3 Å². The molecule has 0 saturated carbocycles. The average molecular weight is 482 g/mol. The lowest BCUT2D eigenvalue weighted by atomic mass is 10.0. The average Bonchev–Trinajstić information content (AvgIpc) is 3.41. The van der Waals surface area contributed by atoms with Gasteiger partial charge in [-0.05, 0) is 37.7 Å². The first-order valence-corrected chi connectivity index (χ1v) is 13.5. The van der Waals surface area contributed by atoms with E-state index in [0.717, 1.165) is 17.5 Å². The van der Waals surface area contributed by atoms with E-state index in [9.17, 15) is 8.42 Å². The van der Waals surface area contributed by atoms with Crippen molar-refractivity contribution in [1.29, 1.82) is 0 Å². The third kappa shape index (κ3) is 4.97. The molecular formula is C27H35N3O3S. The van der Waals surface area contributed by atoms with Gasteiger partial charge in [-0.2, -0.15) is 9.40 Å². The highest BCUT2D eigenvalue weighted by molar-refractivity contribution is 7.89. The molecule has 1 aliphatic heterocycles. The summed E-state index contributed by atoms with van der Waals surface area (Å²) in [6.45, 7) is 9.13. The Morgan fingerprint density at radius 3 is 2.35 bits per heavy atom. The lowest BCUT2D eigenvalue weighted by Crippen LogP contribution is -2.49. The Morgan fingerprint density at radius 1 is 1.09 bits per heavy atom. The van der Waals surface area contributed by atoms with Crippen molar-refractivity contribution in [3.05, 3.63) is 72.4 Å². The molecule has 0 aliphatic carbocycles. The summed E-state index contributed by atoms with van der Waals surface area (Å²) in [4.78, 5) is 0.231. The molecule has 2 heterocycles. The maximum atomic E-state index is 14.3. The molecule has 0 amide bonds. The Balaban J connectivity index is 1.80. The van der Waals surface area contributed by atoms with Crippen LogP contribution in [-0.2, 0) is 21.3 Å². The first kappa shape index (κ1) is 24.6. The van der Waals surface area contributed by atoms with Crippen molar-refractivity contribution >= 4 is 10.0 Å². The van der Waals surface area contributed by atoms with E-state index in [2.05, 4.69) is 13.8 Å². The van der Waals surface area contributed by atoms with Crippen LogP contribution in [-0.4, -0.2) is 40.9 Å². The minimum Gasteiger partial charge on any atom is -0.358 e. The number of nitrogens with zero attached hydrogens (tertiary/aromatic N) is 3. The van der Waals surface area contributed by atoms with Crippen LogP contribution in [0.5, 0.6) is 0 Å². The number of aromatic nitrogens is 2. The molecule has 34 heavy (non-hydrogen) atoms. The largest absolute Gasteiger partial charge is 0.358 e. The topological polar surface area (TPSA) is 64.4 Å². The number of hydrogen-bond acceptors (Lipinski definition) is 4. The maximum absolute atomic E-state index is 14.3. The van der Waals surface area contributed by atoms with E-state index in [0.29, 0.717) is 37.6 Å². The zero-order chi connectivity index (χ0) is 24.3. The van der Waals surface area contributed by atoms with Crippen molar-refractivity contribution in [1.82, 2.24) is 14.1 Å². The van der Waals surface area contributed by atoms with Crippen LogP contribution in [0, 0.1) is 5.92 Å². The van der Waals surface area contributed by atoms with E-state index in [1.807, 2.05) is 74.5 Å². The van der Waals surface area contributed by atoms with E-state index < -0.39 is 15.7 Å². The molecule has 2 atom stereocenters. The van der Waals surface area contributed by atoms with Gasteiger partial charge in [0, 0.05) is 11.8 Å². The predicted molar refractivity (Wildman–Crippen MR) is 135 cm³/mol. The summed E-state index contributed by atoms with van der Waals surface area (Å²) in [5.74, 6) is 0.458. The molecule has 1 saturated heterocycles. The van der Waals surface area contributed by atoms with Gasteiger partial charge in [-0.1, -0.05) is 81.4 Å². The third-order valence-corrected chi connectivity index (χ3v) is 8.60. The predicted octanol–water partition coefficient (Wildman–Crippen LogP) is 5.55. The number of benzene rings is 2. The number of ether oxygens (including phenoxy) is 1. The lowest BCUT2D eigenvalue weighted by Gasteiger charge is -2.35. The Morgan fingerprint density at radius 2 is 1.74 bits per heavy atom. The molecule has 4 rings (SSSR count). The second-order valence-electron chi connectivity index (χ2n) is 9.67. The quantitative estimate of drug-likeness (QED) is 0.402. The van der Waals surface area contributed by atoms with Gasteiger partial charge in [-0.15, -0.1) is 0 Å². The van der Waals surface area contributed by atoms with E-state index in [1.54, 1.807) is 15.2 Å². The molecule has 3 aromatic rings. The van der Waals surface area contributed by atoms with E-state index in [4.69, 9.17) is 9.84 Å². The summed E-state index contributed by atoms with van der Waals surface area (Å²) in [5, 5.41) is 4.76. The molecule has 6 nitrogen and oxygen atoms in total. The highest BCUT2D eigenvalue weighted by atomic mass is 32.2. The smallest absolute Gasteiger partial charge is 0.249 e. The first-order chi connectivity index (χ1) is 16.2. The van der Waals surface area contributed by atoms with Gasteiger partial charge in [0.25, 0.3) is 0 Å². The van der Waals surface area contributed by atoms with Crippen molar-refractivity contribution in [3.63, 3.8) is 0 Å². The molecule has 1 aromatic heterocycles. The van der Waals surface area contributed by atoms with Crippen molar-refractivity contribution in [2.45, 2.75) is 70.2 Å². The Hall–Kier alpha value is -2.48. The first-order valence-electron chi connectivity index (χ1n) is 12.1. The summed E-state index contributed by atoms with van der Waals surface area (Å²) >= 11 is 0. The second-order valence-corrected chi connectivity index (χ2v) is 11.5. The molecule has 0 bridgehead atoms. The van der Waals surface area contributed by atoms with Crippen LogP contribution in [0.15, 0.2) is 71.8 Å². The van der Waals surface area contributed by atoms with E-state index >= 15 is 0 Å². The summed E-state index contributed by atoms with van der Waals surface area (Å²) in [5.41, 5.74) is 1.44. The van der Waals surface area contributed by atoms with Gasteiger partial charge in [-0.3, -0.25) is 4.68 Å². The normalized spacial score (nSPS) is 21.4. The fourth-order valence-corrected chi connectivity index (χ4v) is 6.74. The van der Waals surface area contributed by atoms with Crippen molar-refractivity contribution in [2.24, 2.45) is 5.92 Å². The number of sulfonamides is 1. The summed E-state index contributed by atoms with van der Waals surface area (Å²) < 4.78 is 38.2. The van der Waals surface area contributed by atoms with Crippen LogP contribution < -0.4 is 0 Å². The standard InChI is InChI=1S/C27H35N3O3S/c1-5-24-20-33-27(4,17-16-21(2)3)30(24)34(31,32)25-19-29(18-22-12-8-6-9-13-22)28-26(25)23-14-10-7-11-15-23/h6-15,19,21,24H,5,16-18,20H2,1-4H3. The summed E-state index contributed by atoms with van der Waals surface area (Å²) in [6, 6.07) is 19.3. The fraction of sp³-hybridized carbons (Fsp3) is 0.444. The number of rotatable bonds is 9.